The molecule has 2 N–H and O–H groups in total. The number of rotatable bonds is 5. The molecule has 8 heteroatoms. The van der Waals surface area contributed by atoms with E-state index in [1.54, 1.807) is 36.4 Å². The first-order valence-corrected chi connectivity index (χ1v) is 8.76. The Morgan fingerprint density at radius 1 is 1.11 bits per heavy atom. The van der Waals surface area contributed by atoms with Crippen LogP contribution in [-0.2, 0) is 9.53 Å². The molecule has 0 spiro atoms. The third-order valence-electron chi connectivity index (χ3n) is 3.87. The Morgan fingerprint density at radius 2 is 1.78 bits per heavy atom. The van der Waals surface area contributed by atoms with Gasteiger partial charge in [-0.25, -0.2) is 4.79 Å². The third kappa shape index (κ3) is 4.83. The average Bonchev–Trinajstić information content (AvgIpc) is 2.91. The van der Waals surface area contributed by atoms with Crippen LogP contribution in [0.4, 0.5) is 11.4 Å². The zero-order valence-electron chi connectivity index (χ0n) is 14.7. The molecule has 0 aromatic heterocycles. The minimum atomic E-state index is -0.432. The van der Waals surface area contributed by atoms with Crippen molar-refractivity contribution < 1.29 is 23.8 Å². The Labute approximate surface area is 161 Å². The highest BCUT2D eigenvalue weighted by Crippen LogP contribution is 2.37. The second-order valence-corrected chi connectivity index (χ2v) is 6.21. The Morgan fingerprint density at radius 3 is 2.44 bits per heavy atom. The highest BCUT2D eigenvalue weighted by atomic mass is 35.5. The lowest BCUT2D eigenvalue weighted by atomic mass is 10.2. The molecule has 2 aromatic rings. The van der Waals surface area contributed by atoms with E-state index in [-0.39, 0.29) is 12.5 Å². The quantitative estimate of drug-likeness (QED) is 0.761. The van der Waals surface area contributed by atoms with Crippen molar-refractivity contribution >= 4 is 34.9 Å². The van der Waals surface area contributed by atoms with Crippen LogP contribution in [0.5, 0.6) is 11.5 Å². The number of ether oxygens (including phenoxy) is 3. The van der Waals surface area contributed by atoms with Crippen molar-refractivity contribution in [3.63, 3.8) is 0 Å². The maximum Gasteiger partial charge on any atom is 0.337 e. The van der Waals surface area contributed by atoms with Gasteiger partial charge in [0.2, 0.25) is 5.91 Å². The van der Waals surface area contributed by atoms with Gasteiger partial charge in [-0.05, 0) is 24.3 Å². The van der Waals surface area contributed by atoms with E-state index >= 15 is 0 Å². The van der Waals surface area contributed by atoms with Crippen molar-refractivity contribution in [3.05, 3.63) is 47.0 Å². The van der Waals surface area contributed by atoms with Crippen molar-refractivity contribution in [2.45, 2.75) is 6.42 Å². The molecular weight excluding hydrogens is 372 g/mol. The van der Waals surface area contributed by atoms with E-state index in [1.807, 2.05) is 0 Å². The Hall–Kier alpha value is -2.93. The molecule has 0 unspecified atom stereocenters. The fourth-order valence-corrected chi connectivity index (χ4v) is 2.73. The minimum Gasteiger partial charge on any atom is -0.490 e. The van der Waals surface area contributed by atoms with Crippen LogP contribution < -0.4 is 20.1 Å². The summed E-state index contributed by atoms with van der Waals surface area (Å²) in [5.74, 6) is 0.499. The zero-order valence-corrected chi connectivity index (χ0v) is 15.5. The summed E-state index contributed by atoms with van der Waals surface area (Å²) in [6, 6.07) is 9.82. The molecule has 1 aliphatic heterocycles. The molecule has 27 heavy (non-hydrogen) atoms. The molecule has 0 atom stereocenters. The summed E-state index contributed by atoms with van der Waals surface area (Å²) in [4.78, 5) is 23.6. The third-order valence-corrected chi connectivity index (χ3v) is 4.18. The van der Waals surface area contributed by atoms with Gasteiger partial charge >= 0.3 is 5.97 Å². The van der Waals surface area contributed by atoms with Gasteiger partial charge in [0.1, 0.15) is 0 Å². The van der Waals surface area contributed by atoms with E-state index in [4.69, 9.17) is 21.1 Å². The lowest BCUT2D eigenvalue weighted by molar-refractivity contribution is -0.114. The fourth-order valence-electron chi connectivity index (χ4n) is 2.51. The monoisotopic (exact) mass is 390 g/mol. The number of fused-ring (bicyclic) bond motifs is 1. The first-order chi connectivity index (χ1) is 13.1. The van der Waals surface area contributed by atoms with Crippen molar-refractivity contribution in [3.8, 4) is 11.5 Å². The molecule has 7 nitrogen and oxygen atoms in total. The summed E-state index contributed by atoms with van der Waals surface area (Å²) in [6.45, 7) is 1.15. The van der Waals surface area contributed by atoms with E-state index < -0.39 is 5.97 Å². The Bertz CT molecular complexity index is 839. The number of benzene rings is 2. The van der Waals surface area contributed by atoms with E-state index in [9.17, 15) is 9.59 Å². The van der Waals surface area contributed by atoms with Gasteiger partial charge in [0, 0.05) is 24.2 Å². The van der Waals surface area contributed by atoms with Crippen molar-refractivity contribution in [1.29, 1.82) is 0 Å². The van der Waals surface area contributed by atoms with Crippen molar-refractivity contribution in [2.75, 3.05) is 37.5 Å². The van der Waals surface area contributed by atoms with E-state index in [0.717, 1.165) is 6.42 Å². The summed E-state index contributed by atoms with van der Waals surface area (Å²) < 4.78 is 15.8. The molecule has 0 bridgehead atoms. The predicted octanol–water partition coefficient (Wildman–Crippen LogP) is 3.34. The largest absolute Gasteiger partial charge is 0.490 e. The van der Waals surface area contributed by atoms with Crippen LogP contribution in [0.3, 0.4) is 0 Å². The molecular formula is C19H19ClN2O5. The summed E-state index contributed by atoms with van der Waals surface area (Å²) in [7, 11) is 1.31. The predicted molar refractivity (Wildman–Crippen MR) is 102 cm³/mol. The number of methoxy groups -OCH3 is 1. The highest BCUT2D eigenvalue weighted by molar-refractivity contribution is 6.33. The molecule has 0 saturated carbocycles. The van der Waals surface area contributed by atoms with Gasteiger partial charge in [-0.2, -0.15) is 0 Å². The van der Waals surface area contributed by atoms with Gasteiger partial charge in [-0.3, -0.25) is 4.79 Å². The van der Waals surface area contributed by atoms with Gasteiger partial charge < -0.3 is 24.8 Å². The van der Waals surface area contributed by atoms with E-state index in [0.29, 0.717) is 46.7 Å². The van der Waals surface area contributed by atoms with Crippen molar-refractivity contribution in [2.24, 2.45) is 0 Å². The second-order valence-electron chi connectivity index (χ2n) is 5.80. The first-order valence-electron chi connectivity index (χ1n) is 8.38. The topological polar surface area (TPSA) is 85.9 Å². The number of hydrogen-bond donors (Lipinski definition) is 2. The number of esters is 1. The number of amides is 1. The Balaban J connectivity index is 1.59. The fraction of sp³-hybridized carbons (Fsp3) is 0.263. The van der Waals surface area contributed by atoms with Gasteiger partial charge in [0.25, 0.3) is 0 Å². The van der Waals surface area contributed by atoms with Crippen LogP contribution >= 0.6 is 11.6 Å². The number of nitrogens with one attached hydrogen (secondary N) is 2. The van der Waals surface area contributed by atoms with Gasteiger partial charge in [-0.1, -0.05) is 11.6 Å². The van der Waals surface area contributed by atoms with E-state index in [2.05, 4.69) is 15.4 Å². The normalized spacial score (nSPS) is 12.7. The van der Waals surface area contributed by atoms with Crippen LogP contribution in [-0.4, -0.2) is 38.7 Å². The lowest BCUT2D eigenvalue weighted by Crippen LogP contribution is -2.22. The highest BCUT2D eigenvalue weighted by Gasteiger charge is 2.15. The first kappa shape index (κ1) is 18.8. The SMILES string of the molecule is COC(=O)c1ccc(NC(=O)CNc2cc3c(cc2Cl)OCCCO3)cc1. The number of anilines is 2. The molecule has 2 aromatic carbocycles. The number of carbonyl (C=O) groups excluding carboxylic acids is 2. The number of carbonyl (C=O) groups is 2. The van der Waals surface area contributed by atoms with Gasteiger partial charge in [-0.15, -0.1) is 0 Å². The molecule has 0 radical (unpaired) electrons. The summed E-state index contributed by atoms with van der Waals surface area (Å²) in [5, 5.41) is 6.16. The lowest BCUT2D eigenvalue weighted by Gasteiger charge is -2.13. The Kier molecular flexibility index (Phi) is 6.03. The van der Waals surface area contributed by atoms with Crippen LogP contribution in [0, 0.1) is 0 Å². The maximum absolute atomic E-state index is 12.2. The second kappa shape index (κ2) is 8.64. The maximum atomic E-state index is 12.2. The molecule has 0 aliphatic carbocycles. The van der Waals surface area contributed by atoms with E-state index in [1.165, 1.54) is 7.11 Å². The molecule has 3 rings (SSSR count). The minimum absolute atomic E-state index is 0.0120. The molecule has 142 valence electrons. The standard InChI is InChI=1S/C19H19ClN2O5/c1-25-19(24)12-3-5-13(6-4-12)22-18(23)11-21-15-10-17-16(9-14(15)20)26-7-2-8-27-17/h3-6,9-10,21H,2,7-8,11H2,1H3,(H,22,23). The number of hydrogen-bond acceptors (Lipinski definition) is 6. The van der Waals surface area contributed by atoms with Crippen LogP contribution in [0.25, 0.3) is 0 Å². The van der Waals surface area contributed by atoms with Gasteiger partial charge in [0.05, 0.1) is 43.1 Å². The summed E-state index contributed by atoms with van der Waals surface area (Å²) in [5.41, 5.74) is 1.56. The van der Waals surface area contributed by atoms with Crippen LogP contribution in [0.1, 0.15) is 16.8 Å². The zero-order chi connectivity index (χ0) is 19.2. The smallest absolute Gasteiger partial charge is 0.337 e. The summed E-state index contributed by atoms with van der Waals surface area (Å²) >= 11 is 6.25. The van der Waals surface area contributed by atoms with Crippen molar-refractivity contribution in [1.82, 2.24) is 0 Å². The molecule has 1 amide bonds. The molecule has 1 aliphatic rings. The molecule has 0 fully saturated rings. The summed E-state index contributed by atoms with van der Waals surface area (Å²) in [6.07, 6.45) is 0.798. The van der Waals surface area contributed by atoms with Gasteiger partial charge in [0.15, 0.2) is 11.5 Å². The number of halogens is 1. The van der Waals surface area contributed by atoms with Crippen LogP contribution in [0.2, 0.25) is 5.02 Å². The van der Waals surface area contributed by atoms with Crippen LogP contribution in [0.15, 0.2) is 36.4 Å². The molecule has 1 heterocycles. The average molecular weight is 391 g/mol. The molecule has 0 saturated heterocycles.